The second kappa shape index (κ2) is 7.69. The SMILES string of the molecule is C=CCSc1ccccc1NC(=O)c1cc(Br)ccc1Cl. The average Bonchev–Trinajstić information content (AvgIpc) is 2.48. The molecule has 2 aromatic rings. The fourth-order valence-corrected chi connectivity index (χ4v) is 3.02. The number of amides is 1. The number of benzene rings is 2. The molecule has 0 aliphatic heterocycles. The first kappa shape index (κ1) is 16.1. The van der Waals surface area contributed by atoms with Gasteiger partial charge in [-0.1, -0.05) is 45.7 Å². The van der Waals surface area contributed by atoms with E-state index in [1.807, 2.05) is 30.3 Å². The van der Waals surface area contributed by atoms with Gasteiger partial charge in [0.05, 0.1) is 16.3 Å². The molecule has 0 bridgehead atoms. The maximum absolute atomic E-state index is 12.4. The fourth-order valence-electron chi connectivity index (χ4n) is 1.71. The summed E-state index contributed by atoms with van der Waals surface area (Å²) in [4.78, 5) is 13.4. The van der Waals surface area contributed by atoms with Crippen molar-refractivity contribution in [3.8, 4) is 0 Å². The molecule has 0 atom stereocenters. The zero-order chi connectivity index (χ0) is 15.2. The van der Waals surface area contributed by atoms with Crippen LogP contribution in [0.2, 0.25) is 5.02 Å². The third kappa shape index (κ3) is 4.37. The van der Waals surface area contributed by atoms with Crippen LogP contribution in [0.4, 0.5) is 5.69 Å². The van der Waals surface area contributed by atoms with Gasteiger partial charge in [0.2, 0.25) is 0 Å². The van der Waals surface area contributed by atoms with Gasteiger partial charge in [0.1, 0.15) is 0 Å². The molecule has 0 saturated heterocycles. The van der Waals surface area contributed by atoms with Gasteiger partial charge in [-0.2, -0.15) is 0 Å². The lowest BCUT2D eigenvalue weighted by Gasteiger charge is -2.11. The Kier molecular flexibility index (Phi) is 5.91. The summed E-state index contributed by atoms with van der Waals surface area (Å²) >= 11 is 11.0. The lowest BCUT2D eigenvalue weighted by molar-refractivity contribution is 0.102. The van der Waals surface area contributed by atoms with E-state index in [4.69, 9.17) is 11.6 Å². The third-order valence-corrected chi connectivity index (χ3v) is 4.56. The number of para-hydroxylation sites is 1. The number of thioether (sulfide) groups is 1. The normalized spacial score (nSPS) is 10.2. The zero-order valence-electron chi connectivity index (χ0n) is 11.1. The summed E-state index contributed by atoms with van der Waals surface area (Å²) < 4.78 is 0.811. The second-order valence-electron chi connectivity index (χ2n) is 4.17. The first-order valence-corrected chi connectivity index (χ1v) is 8.36. The lowest BCUT2D eigenvalue weighted by Crippen LogP contribution is -2.13. The Morgan fingerprint density at radius 2 is 2.10 bits per heavy atom. The number of carbonyl (C=O) groups is 1. The van der Waals surface area contributed by atoms with Crippen molar-refractivity contribution < 1.29 is 4.79 Å². The summed E-state index contributed by atoms with van der Waals surface area (Å²) in [6, 6.07) is 12.9. The highest BCUT2D eigenvalue weighted by Crippen LogP contribution is 2.28. The number of hydrogen-bond donors (Lipinski definition) is 1. The largest absolute Gasteiger partial charge is 0.321 e. The number of nitrogens with one attached hydrogen (secondary N) is 1. The Hall–Kier alpha value is -1.23. The summed E-state index contributed by atoms with van der Waals surface area (Å²) in [5.41, 5.74) is 1.21. The summed E-state index contributed by atoms with van der Waals surface area (Å²) in [5, 5.41) is 3.33. The molecule has 108 valence electrons. The van der Waals surface area contributed by atoms with Crippen LogP contribution in [0.1, 0.15) is 10.4 Å². The molecule has 21 heavy (non-hydrogen) atoms. The van der Waals surface area contributed by atoms with E-state index < -0.39 is 0 Å². The number of halogens is 2. The Bertz CT molecular complexity index is 675. The van der Waals surface area contributed by atoms with E-state index in [1.165, 1.54) is 0 Å². The van der Waals surface area contributed by atoms with E-state index >= 15 is 0 Å². The first-order valence-electron chi connectivity index (χ1n) is 6.21. The lowest BCUT2D eigenvalue weighted by atomic mass is 10.2. The van der Waals surface area contributed by atoms with Crippen molar-refractivity contribution in [1.29, 1.82) is 0 Å². The minimum atomic E-state index is -0.229. The van der Waals surface area contributed by atoms with Gasteiger partial charge < -0.3 is 5.32 Å². The van der Waals surface area contributed by atoms with Gasteiger partial charge in [-0.3, -0.25) is 4.79 Å². The Balaban J connectivity index is 2.23. The van der Waals surface area contributed by atoms with Crippen LogP contribution in [-0.4, -0.2) is 11.7 Å². The van der Waals surface area contributed by atoms with Crippen molar-refractivity contribution in [2.45, 2.75) is 4.90 Å². The molecule has 0 heterocycles. The van der Waals surface area contributed by atoms with Crippen LogP contribution in [-0.2, 0) is 0 Å². The Morgan fingerprint density at radius 1 is 1.33 bits per heavy atom. The van der Waals surface area contributed by atoms with E-state index in [0.29, 0.717) is 10.6 Å². The van der Waals surface area contributed by atoms with E-state index in [1.54, 1.807) is 30.0 Å². The summed E-state index contributed by atoms with van der Waals surface area (Å²) in [5.74, 6) is 0.554. The number of hydrogen-bond acceptors (Lipinski definition) is 2. The highest BCUT2D eigenvalue weighted by atomic mass is 79.9. The van der Waals surface area contributed by atoms with Crippen LogP contribution < -0.4 is 5.32 Å². The van der Waals surface area contributed by atoms with E-state index in [2.05, 4.69) is 27.8 Å². The molecule has 2 nitrogen and oxygen atoms in total. The summed E-state index contributed by atoms with van der Waals surface area (Å²) in [7, 11) is 0. The molecule has 0 radical (unpaired) electrons. The minimum absolute atomic E-state index is 0.229. The molecule has 1 amide bonds. The van der Waals surface area contributed by atoms with Gasteiger partial charge in [-0.25, -0.2) is 0 Å². The molecule has 0 saturated carbocycles. The quantitative estimate of drug-likeness (QED) is 0.536. The highest BCUT2D eigenvalue weighted by molar-refractivity contribution is 9.10. The Labute approximate surface area is 141 Å². The summed E-state index contributed by atoms with van der Waals surface area (Å²) in [6.45, 7) is 3.70. The van der Waals surface area contributed by atoms with E-state index in [0.717, 1.165) is 20.8 Å². The maximum Gasteiger partial charge on any atom is 0.257 e. The molecule has 0 fully saturated rings. The third-order valence-electron chi connectivity index (χ3n) is 2.66. The van der Waals surface area contributed by atoms with Gasteiger partial charge in [0.25, 0.3) is 5.91 Å². The van der Waals surface area contributed by atoms with Crippen LogP contribution in [0, 0.1) is 0 Å². The van der Waals surface area contributed by atoms with Gasteiger partial charge >= 0.3 is 0 Å². The zero-order valence-corrected chi connectivity index (χ0v) is 14.3. The maximum atomic E-state index is 12.4. The van der Waals surface area contributed by atoms with Gasteiger partial charge in [-0.05, 0) is 30.3 Å². The smallest absolute Gasteiger partial charge is 0.257 e. The summed E-state index contributed by atoms with van der Waals surface area (Å²) in [6.07, 6.45) is 1.83. The molecule has 2 rings (SSSR count). The van der Waals surface area contributed by atoms with Crippen LogP contribution >= 0.6 is 39.3 Å². The predicted octanol–water partition coefficient (Wildman–Crippen LogP) is 5.63. The van der Waals surface area contributed by atoms with Crippen molar-refractivity contribution in [2.75, 3.05) is 11.1 Å². The van der Waals surface area contributed by atoms with Crippen LogP contribution in [0.5, 0.6) is 0 Å². The standard InChI is InChI=1S/C16H13BrClNOS/c1-2-9-21-15-6-4-3-5-14(15)19-16(20)12-10-11(17)7-8-13(12)18/h2-8,10H,1,9H2,(H,19,20). The van der Waals surface area contributed by atoms with Gasteiger partial charge in [0, 0.05) is 15.1 Å². The first-order chi connectivity index (χ1) is 10.1. The average molecular weight is 383 g/mol. The number of rotatable bonds is 5. The molecule has 5 heteroatoms. The molecule has 1 N–H and O–H groups in total. The monoisotopic (exact) mass is 381 g/mol. The highest BCUT2D eigenvalue weighted by Gasteiger charge is 2.13. The second-order valence-corrected chi connectivity index (χ2v) is 6.56. The molecule has 0 spiro atoms. The van der Waals surface area contributed by atoms with E-state index in [9.17, 15) is 4.79 Å². The molecular formula is C16H13BrClNOS. The van der Waals surface area contributed by atoms with Crippen molar-refractivity contribution in [3.63, 3.8) is 0 Å². The number of anilines is 1. The molecule has 0 aromatic heterocycles. The predicted molar refractivity (Wildman–Crippen MR) is 94.5 cm³/mol. The number of carbonyl (C=O) groups excluding carboxylic acids is 1. The van der Waals surface area contributed by atoms with Crippen molar-refractivity contribution in [2.24, 2.45) is 0 Å². The van der Waals surface area contributed by atoms with E-state index in [-0.39, 0.29) is 5.91 Å². The van der Waals surface area contributed by atoms with Gasteiger partial charge in [0.15, 0.2) is 0 Å². The molecular weight excluding hydrogens is 370 g/mol. The van der Waals surface area contributed by atoms with Gasteiger partial charge in [-0.15, -0.1) is 18.3 Å². The van der Waals surface area contributed by atoms with Crippen LogP contribution in [0.3, 0.4) is 0 Å². The topological polar surface area (TPSA) is 29.1 Å². The Morgan fingerprint density at radius 3 is 2.86 bits per heavy atom. The minimum Gasteiger partial charge on any atom is -0.321 e. The van der Waals surface area contributed by atoms with Crippen molar-refractivity contribution in [1.82, 2.24) is 0 Å². The van der Waals surface area contributed by atoms with Crippen LogP contribution in [0.25, 0.3) is 0 Å². The molecule has 0 aliphatic carbocycles. The molecule has 0 unspecified atom stereocenters. The van der Waals surface area contributed by atoms with Crippen molar-refractivity contribution in [3.05, 3.63) is 70.2 Å². The fraction of sp³-hybridized carbons (Fsp3) is 0.0625. The molecule has 2 aromatic carbocycles. The molecule has 0 aliphatic rings. The van der Waals surface area contributed by atoms with Crippen LogP contribution in [0.15, 0.2) is 64.5 Å². The van der Waals surface area contributed by atoms with Crippen molar-refractivity contribution >= 4 is 50.9 Å².